The Morgan fingerprint density at radius 1 is 1.33 bits per heavy atom. The van der Waals surface area contributed by atoms with Crippen molar-refractivity contribution in [3.8, 4) is 11.4 Å². The van der Waals surface area contributed by atoms with Crippen molar-refractivity contribution in [1.82, 2.24) is 14.5 Å². The summed E-state index contributed by atoms with van der Waals surface area (Å²) >= 11 is 9.41. The summed E-state index contributed by atoms with van der Waals surface area (Å²) < 4.78 is 8.19. The van der Waals surface area contributed by atoms with Crippen LogP contribution in [0.25, 0.3) is 16.9 Å². The number of alkyl halides is 1. The van der Waals surface area contributed by atoms with Gasteiger partial charge in [0, 0.05) is 18.5 Å². The fraction of sp³-hybridized carbons (Fsp3) is 0.200. The molecule has 0 unspecified atom stereocenters. The lowest BCUT2D eigenvalue weighted by Gasteiger charge is -2.10. The third kappa shape index (κ3) is 2.63. The Balaban J connectivity index is 2.22. The summed E-state index contributed by atoms with van der Waals surface area (Å²) in [6.07, 6.45) is 2.45. The molecule has 1 aromatic carbocycles. The van der Waals surface area contributed by atoms with Crippen LogP contribution in [0.2, 0.25) is 0 Å². The number of halogens is 2. The van der Waals surface area contributed by atoms with Crippen molar-refractivity contribution in [1.29, 1.82) is 0 Å². The van der Waals surface area contributed by atoms with Gasteiger partial charge < -0.3 is 4.74 Å². The van der Waals surface area contributed by atoms with Crippen LogP contribution >= 0.6 is 27.5 Å². The Bertz CT molecular complexity index is 788. The molecule has 0 N–H and O–H groups in total. The second-order valence-corrected chi connectivity index (χ2v) is 5.70. The first-order chi connectivity index (χ1) is 10.2. The number of fused-ring (bicyclic) bond motifs is 1. The maximum atomic E-state index is 5.90. The van der Waals surface area contributed by atoms with Crippen molar-refractivity contribution in [3.05, 3.63) is 46.8 Å². The first kappa shape index (κ1) is 14.4. The van der Waals surface area contributed by atoms with Crippen LogP contribution in [0.15, 0.2) is 41.0 Å². The molecule has 6 heteroatoms. The second kappa shape index (κ2) is 6.03. The number of imidazole rings is 1. The van der Waals surface area contributed by atoms with E-state index in [1.54, 1.807) is 13.3 Å². The first-order valence-corrected chi connectivity index (χ1v) is 7.79. The Kier molecular flexibility index (Phi) is 4.12. The summed E-state index contributed by atoms with van der Waals surface area (Å²) in [5, 5.41) is 0. The van der Waals surface area contributed by atoms with Gasteiger partial charge in [0.1, 0.15) is 17.1 Å². The molecular formula is C15H13BrClN3O. The van der Waals surface area contributed by atoms with Crippen LogP contribution in [0.4, 0.5) is 0 Å². The van der Waals surface area contributed by atoms with Gasteiger partial charge in [0.15, 0.2) is 5.65 Å². The highest BCUT2D eigenvalue weighted by molar-refractivity contribution is 9.10. The summed E-state index contributed by atoms with van der Waals surface area (Å²) in [6, 6.07) is 9.73. The van der Waals surface area contributed by atoms with Crippen LogP contribution in [0.5, 0.6) is 5.75 Å². The monoisotopic (exact) mass is 365 g/mol. The molecule has 0 bridgehead atoms. The maximum Gasteiger partial charge on any atom is 0.164 e. The van der Waals surface area contributed by atoms with Crippen molar-refractivity contribution in [2.24, 2.45) is 0 Å². The van der Waals surface area contributed by atoms with Gasteiger partial charge in [-0.25, -0.2) is 9.97 Å². The predicted molar refractivity (Wildman–Crippen MR) is 87.5 cm³/mol. The molecule has 0 radical (unpaired) electrons. The minimum absolute atomic E-state index is 0.515. The smallest absolute Gasteiger partial charge is 0.164 e. The van der Waals surface area contributed by atoms with Crippen LogP contribution in [0.3, 0.4) is 0 Å². The highest BCUT2D eigenvalue weighted by Crippen LogP contribution is 2.29. The number of ether oxygens (including phenoxy) is 1. The van der Waals surface area contributed by atoms with Gasteiger partial charge in [-0.1, -0.05) is 0 Å². The summed E-state index contributed by atoms with van der Waals surface area (Å²) in [4.78, 5) is 9.06. The Hall–Kier alpha value is -1.59. The van der Waals surface area contributed by atoms with E-state index in [1.165, 1.54) is 0 Å². The molecule has 0 atom stereocenters. The lowest BCUT2D eigenvalue weighted by molar-refractivity contribution is 0.412. The first-order valence-electron chi connectivity index (χ1n) is 6.47. The zero-order chi connectivity index (χ0) is 14.8. The highest BCUT2D eigenvalue weighted by Gasteiger charge is 2.14. The molecule has 0 aliphatic rings. The van der Waals surface area contributed by atoms with E-state index in [9.17, 15) is 0 Å². The number of benzene rings is 1. The Morgan fingerprint density at radius 3 is 2.90 bits per heavy atom. The normalized spacial score (nSPS) is 11.0. The number of nitrogens with zero attached hydrogens (tertiary/aromatic N) is 3. The van der Waals surface area contributed by atoms with E-state index < -0.39 is 0 Å². The van der Waals surface area contributed by atoms with E-state index >= 15 is 0 Å². The summed E-state index contributed by atoms with van der Waals surface area (Å²) in [6.45, 7) is 0. The van der Waals surface area contributed by atoms with Crippen molar-refractivity contribution < 1.29 is 4.74 Å². The lowest BCUT2D eigenvalue weighted by Crippen LogP contribution is -2.03. The van der Waals surface area contributed by atoms with Gasteiger partial charge in [-0.05, 0) is 46.3 Å². The third-order valence-corrected chi connectivity index (χ3v) is 4.01. The molecule has 0 spiro atoms. The molecule has 108 valence electrons. The van der Waals surface area contributed by atoms with Crippen LogP contribution < -0.4 is 4.74 Å². The predicted octanol–water partition coefficient (Wildman–Crippen LogP) is 3.97. The SMILES string of the molecule is COc1ccc(-n2c(CCCl)nc3cccnc32)cc1Br. The largest absolute Gasteiger partial charge is 0.496 e. The fourth-order valence-electron chi connectivity index (χ4n) is 2.28. The molecule has 4 nitrogen and oxygen atoms in total. The molecule has 0 saturated carbocycles. The number of hydrogen-bond donors (Lipinski definition) is 0. The fourth-order valence-corrected chi connectivity index (χ4v) is 2.97. The topological polar surface area (TPSA) is 39.9 Å². The van der Waals surface area contributed by atoms with Gasteiger partial charge in [-0.15, -0.1) is 11.6 Å². The van der Waals surface area contributed by atoms with Gasteiger partial charge in [0.2, 0.25) is 0 Å². The lowest BCUT2D eigenvalue weighted by atomic mass is 10.3. The highest BCUT2D eigenvalue weighted by atomic mass is 79.9. The van der Waals surface area contributed by atoms with Crippen molar-refractivity contribution in [3.63, 3.8) is 0 Å². The molecule has 2 heterocycles. The van der Waals surface area contributed by atoms with Gasteiger partial charge in [0.05, 0.1) is 17.3 Å². The number of rotatable bonds is 4. The molecule has 2 aromatic heterocycles. The standard InChI is InChI=1S/C15H13BrClN3O/c1-21-13-5-4-10(9-11(13)16)20-14(6-7-17)19-12-3-2-8-18-15(12)20/h2-5,8-9H,6-7H2,1H3. The van der Waals surface area contributed by atoms with E-state index in [4.69, 9.17) is 16.3 Å². The third-order valence-electron chi connectivity index (χ3n) is 3.20. The maximum absolute atomic E-state index is 5.90. The van der Waals surface area contributed by atoms with Gasteiger partial charge in [0.25, 0.3) is 0 Å². The zero-order valence-electron chi connectivity index (χ0n) is 11.4. The van der Waals surface area contributed by atoms with Crippen molar-refractivity contribution in [2.45, 2.75) is 6.42 Å². The quantitative estimate of drug-likeness (QED) is 0.656. The van der Waals surface area contributed by atoms with Crippen molar-refractivity contribution >= 4 is 38.7 Å². The van der Waals surface area contributed by atoms with E-state index in [1.807, 2.05) is 34.9 Å². The number of hydrogen-bond acceptors (Lipinski definition) is 3. The van der Waals surface area contributed by atoms with Crippen LogP contribution in [-0.4, -0.2) is 27.5 Å². The minimum Gasteiger partial charge on any atom is -0.496 e. The molecule has 0 aliphatic carbocycles. The minimum atomic E-state index is 0.515. The van der Waals surface area contributed by atoms with Crippen LogP contribution in [0.1, 0.15) is 5.82 Å². The second-order valence-electron chi connectivity index (χ2n) is 4.47. The molecule has 3 rings (SSSR count). The van der Waals surface area contributed by atoms with Gasteiger partial charge in [-0.2, -0.15) is 0 Å². The number of aryl methyl sites for hydroxylation is 1. The summed E-state index contributed by atoms with van der Waals surface area (Å²) in [5.74, 6) is 2.20. The number of pyridine rings is 1. The van der Waals surface area contributed by atoms with Crippen LogP contribution in [0, 0.1) is 0 Å². The molecule has 3 aromatic rings. The Morgan fingerprint density at radius 2 is 2.19 bits per heavy atom. The van der Waals surface area contributed by atoms with E-state index in [-0.39, 0.29) is 0 Å². The summed E-state index contributed by atoms with van der Waals surface area (Å²) in [7, 11) is 1.65. The average molecular weight is 367 g/mol. The van der Waals surface area contributed by atoms with E-state index in [0.717, 1.165) is 32.9 Å². The molecular weight excluding hydrogens is 354 g/mol. The number of aromatic nitrogens is 3. The van der Waals surface area contributed by atoms with E-state index in [0.29, 0.717) is 12.3 Å². The molecule has 21 heavy (non-hydrogen) atoms. The van der Waals surface area contributed by atoms with Gasteiger partial charge >= 0.3 is 0 Å². The Labute approximate surface area is 135 Å². The molecule has 0 saturated heterocycles. The van der Waals surface area contributed by atoms with E-state index in [2.05, 4.69) is 25.9 Å². The molecule has 0 aliphatic heterocycles. The van der Waals surface area contributed by atoms with Crippen molar-refractivity contribution in [2.75, 3.05) is 13.0 Å². The molecule has 0 amide bonds. The summed E-state index contributed by atoms with van der Waals surface area (Å²) in [5.41, 5.74) is 2.67. The number of methoxy groups -OCH3 is 1. The zero-order valence-corrected chi connectivity index (χ0v) is 13.7. The van der Waals surface area contributed by atoms with Crippen LogP contribution in [-0.2, 0) is 6.42 Å². The van der Waals surface area contributed by atoms with Gasteiger partial charge in [-0.3, -0.25) is 4.57 Å². The average Bonchev–Trinajstić information content (AvgIpc) is 2.85. The molecule has 0 fully saturated rings.